The highest BCUT2D eigenvalue weighted by molar-refractivity contribution is 6.05. The van der Waals surface area contributed by atoms with E-state index in [1.54, 1.807) is 0 Å². The first kappa shape index (κ1) is 17.5. The molecule has 2 amide bonds. The predicted molar refractivity (Wildman–Crippen MR) is 112 cm³/mol. The van der Waals surface area contributed by atoms with Gasteiger partial charge in [0.15, 0.2) is 0 Å². The van der Waals surface area contributed by atoms with Gasteiger partial charge in [-0.1, -0.05) is 36.4 Å². The molecule has 1 atom stereocenters. The number of hydrogen-bond acceptors (Lipinski definition) is 3. The quantitative estimate of drug-likeness (QED) is 0.705. The third-order valence-corrected chi connectivity index (χ3v) is 5.47. The van der Waals surface area contributed by atoms with E-state index >= 15 is 0 Å². The normalized spacial score (nSPS) is 17.0. The molecule has 0 fully saturated rings. The van der Waals surface area contributed by atoms with Gasteiger partial charge in [0.05, 0.1) is 12.5 Å². The number of para-hydroxylation sites is 1. The van der Waals surface area contributed by atoms with E-state index in [-0.39, 0.29) is 18.2 Å². The van der Waals surface area contributed by atoms with Crippen LogP contribution in [0, 0.1) is 0 Å². The molecule has 0 aromatic heterocycles. The predicted octanol–water partition coefficient (Wildman–Crippen LogP) is 4.35. The number of nitrogens with one attached hydrogen (secondary N) is 2. The number of carbonyl (C=O) groups excluding carboxylic acids is 2. The van der Waals surface area contributed by atoms with E-state index < -0.39 is 5.92 Å². The lowest BCUT2D eigenvalue weighted by Crippen LogP contribution is -2.30. The molecular formula is C24H20N2O3. The molecule has 2 heterocycles. The molecule has 5 heteroatoms. The summed E-state index contributed by atoms with van der Waals surface area (Å²) < 4.78 is 5.58. The Kier molecular flexibility index (Phi) is 4.28. The second-order valence-corrected chi connectivity index (χ2v) is 7.38. The Morgan fingerprint density at radius 2 is 1.86 bits per heavy atom. The number of rotatable bonds is 3. The molecule has 5 rings (SSSR count). The van der Waals surface area contributed by atoms with Crippen molar-refractivity contribution in [2.75, 3.05) is 17.2 Å². The van der Waals surface area contributed by atoms with Gasteiger partial charge in [-0.15, -0.1) is 0 Å². The van der Waals surface area contributed by atoms with Crippen LogP contribution < -0.4 is 15.4 Å². The molecule has 3 aromatic rings. The van der Waals surface area contributed by atoms with Crippen LogP contribution in [-0.4, -0.2) is 18.4 Å². The number of benzene rings is 3. The van der Waals surface area contributed by atoms with E-state index in [0.717, 1.165) is 35.5 Å². The number of carbonyl (C=O) groups is 2. The van der Waals surface area contributed by atoms with Crippen molar-refractivity contribution >= 4 is 23.2 Å². The summed E-state index contributed by atoms with van der Waals surface area (Å²) in [6.07, 6.45) is 1.07. The van der Waals surface area contributed by atoms with E-state index in [0.29, 0.717) is 11.4 Å². The summed E-state index contributed by atoms with van der Waals surface area (Å²) in [5, 5.41) is 5.82. The lowest BCUT2D eigenvalue weighted by atomic mass is 9.89. The van der Waals surface area contributed by atoms with E-state index in [4.69, 9.17) is 4.74 Å². The fraction of sp³-hybridized carbons (Fsp3) is 0.167. The number of amides is 2. The van der Waals surface area contributed by atoms with Crippen molar-refractivity contribution < 1.29 is 14.3 Å². The van der Waals surface area contributed by atoms with Crippen LogP contribution in [0.25, 0.3) is 11.1 Å². The maximum atomic E-state index is 13.0. The van der Waals surface area contributed by atoms with Crippen LogP contribution in [0.2, 0.25) is 0 Å². The second kappa shape index (κ2) is 7.09. The molecule has 5 nitrogen and oxygen atoms in total. The number of fused-ring (bicyclic) bond motifs is 2. The summed E-state index contributed by atoms with van der Waals surface area (Å²) in [7, 11) is 0. The first-order valence-electron chi connectivity index (χ1n) is 9.73. The topological polar surface area (TPSA) is 67.4 Å². The van der Waals surface area contributed by atoms with Crippen molar-refractivity contribution in [2.45, 2.75) is 18.8 Å². The number of hydrogen-bond donors (Lipinski definition) is 2. The molecule has 2 N–H and O–H groups in total. The molecule has 0 bridgehead atoms. The van der Waals surface area contributed by atoms with E-state index in [2.05, 4.69) is 16.7 Å². The highest BCUT2D eigenvalue weighted by Gasteiger charge is 2.30. The highest BCUT2D eigenvalue weighted by atomic mass is 16.5. The minimum Gasteiger partial charge on any atom is -0.493 e. The summed E-state index contributed by atoms with van der Waals surface area (Å²) in [5.41, 5.74) is 5.60. The van der Waals surface area contributed by atoms with Crippen LogP contribution in [0.5, 0.6) is 5.75 Å². The lowest BCUT2D eigenvalue weighted by Gasteiger charge is -2.24. The molecule has 3 aromatic carbocycles. The molecule has 0 saturated heterocycles. The standard InChI is InChI=1S/C24H20N2O3/c27-23-14-20(19-6-1-2-7-21(19)26-23)24(28)25-18-5-3-4-15(13-18)16-8-9-22-17(12-16)10-11-29-22/h1-9,12-13,20H,10-11,14H2,(H,25,28)(H,26,27). The molecule has 0 aliphatic carbocycles. The van der Waals surface area contributed by atoms with Gasteiger partial charge in [-0.25, -0.2) is 0 Å². The Morgan fingerprint density at radius 1 is 1.00 bits per heavy atom. The molecule has 0 spiro atoms. The lowest BCUT2D eigenvalue weighted by molar-refractivity contribution is -0.123. The zero-order valence-electron chi connectivity index (χ0n) is 15.8. The van der Waals surface area contributed by atoms with Crippen LogP contribution in [0.1, 0.15) is 23.5 Å². The SMILES string of the molecule is O=C1CC(C(=O)Nc2cccc(-c3ccc4c(c3)CCO4)c2)c2ccccc2N1. The van der Waals surface area contributed by atoms with Crippen molar-refractivity contribution in [3.8, 4) is 16.9 Å². The third kappa shape index (κ3) is 3.36. The van der Waals surface area contributed by atoms with Crippen molar-refractivity contribution in [3.63, 3.8) is 0 Å². The van der Waals surface area contributed by atoms with Gasteiger partial charge in [0, 0.05) is 24.2 Å². The van der Waals surface area contributed by atoms with Gasteiger partial charge in [-0.2, -0.15) is 0 Å². The molecule has 29 heavy (non-hydrogen) atoms. The minimum atomic E-state index is -0.499. The van der Waals surface area contributed by atoms with Crippen LogP contribution >= 0.6 is 0 Å². The van der Waals surface area contributed by atoms with Crippen molar-refractivity contribution in [3.05, 3.63) is 77.9 Å². The van der Waals surface area contributed by atoms with E-state index in [9.17, 15) is 9.59 Å². The summed E-state index contributed by atoms with van der Waals surface area (Å²) >= 11 is 0. The van der Waals surface area contributed by atoms with E-state index in [1.807, 2.05) is 60.7 Å². The zero-order chi connectivity index (χ0) is 19.8. The molecule has 0 saturated carbocycles. The molecule has 2 aliphatic heterocycles. The van der Waals surface area contributed by atoms with Crippen molar-refractivity contribution in [1.29, 1.82) is 0 Å². The summed E-state index contributed by atoms with van der Waals surface area (Å²) in [5.74, 6) is 0.137. The van der Waals surface area contributed by atoms with Crippen LogP contribution in [0.15, 0.2) is 66.7 Å². The number of anilines is 2. The summed E-state index contributed by atoms with van der Waals surface area (Å²) in [4.78, 5) is 25.0. The van der Waals surface area contributed by atoms with Gasteiger partial charge in [0.2, 0.25) is 11.8 Å². The Labute approximate surface area is 168 Å². The van der Waals surface area contributed by atoms with Crippen LogP contribution in [-0.2, 0) is 16.0 Å². The average molecular weight is 384 g/mol. The molecular weight excluding hydrogens is 364 g/mol. The Morgan fingerprint density at radius 3 is 2.79 bits per heavy atom. The average Bonchev–Trinajstić information content (AvgIpc) is 3.21. The Bertz CT molecular complexity index is 1120. The Hall–Kier alpha value is -3.60. The first-order chi connectivity index (χ1) is 14.2. The fourth-order valence-corrected chi connectivity index (χ4v) is 4.02. The van der Waals surface area contributed by atoms with Gasteiger partial charge in [-0.3, -0.25) is 9.59 Å². The van der Waals surface area contributed by atoms with Crippen molar-refractivity contribution in [2.24, 2.45) is 0 Å². The van der Waals surface area contributed by atoms with Gasteiger partial charge >= 0.3 is 0 Å². The number of ether oxygens (including phenoxy) is 1. The molecule has 144 valence electrons. The maximum absolute atomic E-state index is 13.0. The largest absolute Gasteiger partial charge is 0.493 e. The first-order valence-corrected chi connectivity index (χ1v) is 9.73. The Balaban J connectivity index is 1.40. The van der Waals surface area contributed by atoms with Gasteiger partial charge in [-0.05, 0) is 52.6 Å². The van der Waals surface area contributed by atoms with E-state index in [1.165, 1.54) is 5.56 Å². The smallest absolute Gasteiger partial charge is 0.232 e. The highest BCUT2D eigenvalue weighted by Crippen LogP contribution is 2.34. The zero-order valence-corrected chi connectivity index (χ0v) is 15.8. The summed E-state index contributed by atoms with van der Waals surface area (Å²) in [6, 6.07) is 21.4. The van der Waals surface area contributed by atoms with Gasteiger partial charge in [0.1, 0.15) is 5.75 Å². The van der Waals surface area contributed by atoms with Crippen LogP contribution in [0.4, 0.5) is 11.4 Å². The maximum Gasteiger partial charge on any atom is 0.232 e. The monoisotopic (exact) mass is 384 g/mol. The van der Waals surface area contributed by atoms with Gasteiger partial charge in [0.25, 0.3) is 0 Å². The summed E-state index contributed by atoms with van der Waals surface area (Å²) in [6.45, 7) is 0.728. The van der Waals surface area contributed by atoms with Crippen molar-refractivity contribution in [1.82, 2.24) is 0 Å². The van der Waals surface area contributed by atoms with Gasteiger partial charge < -0.3 is 15.4 Å². The fourth-order valence-electron chi connectivity index (χ4n) is 4.02. The molecule has 2 aliphatic rings. The third-order valence-electron chi connectivity index (χ3n) is 5.47. The van der Waals surface area contributed by atoms with Crippen LogP contribution in [0.3, 0.4) is 0 Å². The molecule has 0 radical (unpaired) electrons. The minimum absolute atomic E-state index is 0.141. The second-order valence-electron chi connectivity index (χ2n) is 7.38. The molecule has 1 unspecified atom stereocenters.